The first-order valence-corrected chi connectivity index (χ1v) is 6.74. The van der Waals surface area contributed by atoms with E-state index in [1.807, 2.05) is 13.8 Å². The lowest BCUT2D eigenvalue weighted by Crippen LogP contribution is -2.32. The molecule has 3 nitrogen and oxygen atoms in total. The molecule has 0 aliphatic carbocycles. The Kier molecular flexibility index (Phi) is 6.07. The Bertz CT molecular complexity index is 443. The van der Waals surface area contributed by atoms with Gasteiger partial charge >= 0.3 is 0 Å². The average Bonchev–Trinajstić information content (AvgIpc) is 2.37. The second-order valence-electron chi connectivity index (χ2n) is 5.25. The summed E-state index contributed by atoms with van der Waals surface area (Å²) in [6.07, 6.45) is -0.0913. The van der Waals surface area contributed by atoms with Gasteiger partial charge in [0.05, 0.1) is 12.0 Å². The number of benzene rings is 1. The number of hydrogen-bond acceptors (Lipinski definition) is 2. The molecular weight excluding hydrogens is 264 g/mol. The zero-order chi connectivity index (χ0) is 15.3. The Balaban J connectivity index is 2.60. The fourth-order valence-corrected chi connectivity index (χ4v) is 1.89. The van der Waals surface area contributed by atoms with Crippen molar-refractivity contribution in [3.63, 3.8) is 0 Å². The third-order valence-corrected chi connectivity index (χ3v) is 3.33. The highest BCUT2D eigenvalue weighted by Crippen LogP contribution is 2.22. The summed E-state index contributed by atoms with van der Waals surface area (Å²) in [6, 6.07) is 3.52. The minimum absolute atomic E-state index is 0.105. The summed E-state index contributed by atoms with van der Waals surface area (Å²) in [5, 5.41) is 12.2. The van der Waals surface area contributed by atoms with Crippen LogP contribution >= 0.6 is 0 Å². The molecule has 0 aliphatic heterocycles. The highest BCUT2D eigenvalue weighted by Gasteiger charge is 2.22. The zero-order valence-electron chi connectivity index (χ0n) is 12.0. The maximum atomic E-state index is 13.6. The molecule has 1 aromatic carbocycles. The molecule has 0 saturated carbocycles. The molecule has 0 bridgehead atoms. The normalized spacial score (nSPS) is 14.2. The number of nitrogens with one attached hydrogen (secondary N) is 1. The van der Waals surface area contributed by atoms with E-state index in [-0.39, 0.29) is 18.0 Å². The Morgan fingerprint density at radius 1 is 1.25 bits per heavy atom. The quantitative estimate of drug-likeness (QED) is 0.844. The first-order chi connectivity index (χ1) is 9.34. The summed E-state index contributed by atoms with van der Waals surface area (Å²) in [6.45, 7) is 5.49. The van der Waals surface area contributed by atoms with Crippen LogP contribution in [0.1, 0.15) is 38.7 Å². The molecule has 5 heteroatoms. The molecule has 0 aliphatic rings. The molecule has 0 spiro atoms. The van der Waals surface area contributed by atoms with E-state index in [1.165, 1.54) is 13.0 Å². The number of rotatable bonds is 6. The summed E-state index contributed by atoms with van der Waals surface area (Å²) < 4.78 is 27.1. The fourth-order valence-electron chi connectivity index (χ4n) is 1.89. The molecule has 0 heterocycles. The van der Waals surface area contributed by atoms with Gasteiger partial charge in [-0.2, -0.15) is 0 Å². The first-order valence-electron chi connectivity index (χ1n) is 6.74. The summed E-state index contributed by atoms with van der Waals surface area (Å²) in [7, 11) is 0. The van der Waals surface area contributed by atoms with Gasteiger partial charge in [0.25, 0.3) is 0 Å². The highest BCUT2D eigenvalue weighted by molar-refractivity contribution is 5.83. The van der Waals surface area contributed by atoms with Crippen molar-refractivity contribution in [3.8, 4) is 0 Å². The molecule has 2 atom stereocenters. The molecule has 1 rings (SSSR count). The number of carbonyl (C=O) groups is 1. The second kappa shape index (κ2) is 7.33. The van der Waals surface area contributed by atoms with Crippen LogP contribution in [-0.2, 0) is 4.79 Å². The van der Waals surface area contributed by atoms with Gasteiger partial charge in [-0.15, -0.1) is 0 Å². The zero-order valence-corrected chi connectivity index (χ0v) is 12.0. The molecule has 0 fully saturated rings. The molecule has 1 aromatic rings. The SMILES string of the molecule is CC(C(=O)NCCC(O)C(C)C)c1c(F)cccc1F. The topological polar surface area (TPSA) is 49.3 Å². The van der Waals surface area contributed by atoms with Gasteiger partial charge in [-0.05, 0) is 31.4 Å². The van der Waals surface area contributed by atoms with E-state index in [0.29, 0.717) is 6.42 Å². The lowest BCUT2D eigenvalue weighted by molar-refractivity contribution is -0.122. The number of aliphatic hydroxyl groups is 1. The fraction of sp³-hybridized carbons (Fsp3) is 0.533. The second-order valence-corrected chi connectivity index (χ2v) is 5.25. The maximum absolute atomic E-state index is 13.6. The first kappa shape index (κ1) is 16.6. The highest BCUT2D eigenvalue weighted by atomic mass is 19.1. The third kappa shape index (κ3) is 4.27. The predicted octanol–water partition coefficient (Wildman–Crippen LogP) is 2.59. The Hall–Kier alpha value is -1.49. The van der Waals surface area contributed by atoms with E-state index in [9.17, 15) is 18.7 Å². The molecule has 0 aromatic heterocycles. The summed E-state index contributed by atoms with van der Waals surface area (Å²) >= 11 is 0. The van der Waals surface area contributed by atoms with Crippen molar-refractivity contribution in [2.24, 2.45) is 5.92 Å². The van der Waals surface area contributed by atoms with Crippen LogP contribution in [0.2, 0.25) is 0 Å². The lowest BCUT2D eigenvalue weighted by atomic mass is 9.98. The van der Waals surface area contributed by atoms with Crippen LogP contribution in [0.15, 0.2) is 18.2 Å². The number of aliphatic hydroxyl groups excluding tert-OH is 1. The maximum Gasteiger partial charge on any atom is 0.227 e. The Morgan fingerprint density at radius 3 is 2.30 bits per heavy atom. The average molecular weight is 285 g/mol. The van der Waals surface area contributed by atoms with Crippen molar-refractivity contribution < 1.29 is 18.7 Å². The summed E-state index contributed by atoms with van der Waals surface area (Å²) in [5.74, 6) is -2.71. The van der Waals surface area contributed by atoms with Crippen molar-refractivity contribution in [1.29, 1.82) is 0 Å². The van der Waals surface area contributed by atoms with Crippen LogP contribution in [0.3, 0.4) is 0 Å². The Morgan fingerprint density at radius 2 is 1.80 bits per heavy atom. The van der Waals surface area contributed by atoms with Crippen LogP contribution in [0, 0.1) is 17.6 Å². The minimum atomic E-state index is -0.910. The third-order valence-electron chi connectivity index (χ3n) is 3.33. The van der Waals surface area contributed by atoms with Crippen LogP contribution in [0.4, 0.5) is 8.78 Å². The molecule has 1 amide bonds. The predicted molar refractivity (Wildman–Crippen MR) is 73.2 cm³/mol. The molecule has 112 valence electrons. The van der Waals surface area contributed by atoms with E-state index < -0.39 is 29.6 Å². The van der Waals surface area contributed by atoms with Crippen molar-refractivity contribution in [1.82, 2.24) is 5.32 Å². The number of carbonyl (C=O) groups excluding carboxylic acids is 1. The van der Waals surface area contributed by atoms with Crippen LogP contribution < -0.4 is 5.32 Å². The van der Waals surface area contributed by atoms with Gasteiger partial charge in [-0.3, -0.25) is 4.79 Å². The lowest BCUT2D eigenvalue weighted by Gasteiger charge is -2.17. The monoisotopic (exact) mass is 285 g/mol. The van der Waals surface area contributed by atoms with Crippen LogP contribution in [0.25, 0.3) is 0 Å². The van der Waals surface area contributed by atoms with Crippen molar-refractivity contribution in [2.75, 3.05) is 6.54 Å². The number of hydrogen-bond donors (Lipinski definition) is 2. The van der Waals surface area contributed by atoms with Crippen molar-refractivity contribution in [3.05, 3.63) is 35.4 Å². The molecular formula is C15H21F2NO2. The molecule has 2 N–H and O–H groups in total. The van der Waals surface area contributed by atoms with Gasteiger partial charge in [0.15, 0.2) is 0 Å². The summed E-state index contributed by atoms with van der Waals surface area (Å²) in [4.78, 5) is 11.9. The van der Waals surface area contributed by atoms with E-state index in [1.54, 1.807) is 0 Å². The minimum Gasteiger partial charge on any atom is -0.393 e. The van der Waals surface area contributed by atoms with E-state index in [0.717, 1.165) is 12.1 Å². The van der Waals surface area contributed by atoms with Gasteiger partial charge in [-0.25, -0.2) is 8.78 Å². The van der Waals surface area contributed by atoms with E-state index >= 15 is 0 Å². The van der Waals surface area contributed by atoms with Gasteiger partial charge in [0, 0.05) is 12.1 Å². The number of amides is 1. The number of halogens is 2. The molecule has 0 saturated heterocycles. The summed E-state index contributed by atoms with van der Waals surface area (Å²) in [5.41, 5.74) is -0.227. The molecule has 0 radical (unpaired) electrons. The van der Waals surface area contributed by atoms with Gasteiger partial charge < -0.3 is 10.4 Å². The van der Waals surface area contributed by atoms with Crippen molar-refractivity contribution in [2.45, 2.75) is 39.2 Å². The largest absolute Gasteiger partial charge is 0.393 e. The van der Waals surface area contributed by atoms with Crippen LogP contribution in [0.5, 0.6) is 0 Å². The van der Waals surface area contributed by atoms with Crippen LogP contribution in [-0.4, -0.2) is 23.7 Å². The molecule has 20 heavy (non-hydrogen) atoms. The van der Waals surface area contributed by atoms with Crippen molar-refractivity contribution >= 4 is 5.91 Å². The smallest absolute Gasteiger partial charge is 0.227 e. The van der Waals surface area contributed by atoms with Gasteiger partial charge in [-0.1, -0.05) is 19.9 Å². The van der Waals surface area contributed by atoms with E-state index in [2.05, 4.69) is 5.32 Å². The van der Waals surface area contributed by atoms with Gasteiger partial charge in [0.1, 0.15) is 11.6 Å². The Labute approximate surface area is 118 Å². The van der Waals surface area contributed by atoms with Gasteiger partial charge in [0.2, 0.25) is 5.91 Å². The standard InChI is InChI=1S/C15H21F2NO2/c1-9(2)13(19)7-8-18-15(20)10(3)14-11(16)5-4-6-12(14)17/h4-6,9-10,13,19H,7-8H2,1-3H3,(H,18,20). The van der Waals surface area contributed by atoms with E-state index in [4.69, 9.17) is 0 Å². The molecule has 2 unspecified atom stereocenters.